The molecule has 0 saturated heterocycles. The van der Waals surface area contributed by atoms with Crippen LogP contribution in [0.2, 0.25) is 0 Å². The Hall–Kier alpha value is -3.39. The smallest absolute Gasteiger partial charge is 0.336 e. The zero-order chi connectivity index (χ0) is 24.7. The number of thioether (sulfide) groups is 1. The lowest BCUT2D eigenvalue weighted by Gasteiger charge is -2.14. The van der Waals surface area contributed by atoms with Gasteiger partial charge in [0, 0.05) is 35.7 Å². The number of aromatic nitrogens is 3. The summed E-state index contributed by atoms with van der Waals surface area (Å²) in [4.78, 5) is 23.9. The molecule has 1 aliphatic carbocycles. The van der Waals surface area contributed by atoms with Gasteiger partial charge in [-0.05, 0) is 72.7 Å². The molecular weight excluding hydrogens is 460 g/mol. The molecule has 4 aromatic rings. The maximum absolute atomic E-state index is 12.3. The van der Waals surface area contributed by atoms with E-state index in [9.17, 15) is 9.59 Å². The molecular formula is C27H28N4O3S. The molecule has 0 spiro atoms. The zero-order valence-electron chi connectivity index (χ0n) is 20.3. The van der Waals surface area contributed by atoms with Gasteiger partial charge in [0.05, 0.1) is 5.69 Å². The van der Waals surface area contributed by atoms with Crippen molar-refractivity contribution in [2.75, 3.05) is 5.32 Å². The highest BCUT2D eigenvalue weighted by molar-refractivity contribution is 7.98. The van der Waals surface area contributed by atoms with Crippen molar-refractivity contribution in [2.45, 2.75) is 63.3 Å². The van der Waals surface area contributed by atoms with Gasteiger partial charge in [0.15, 0.2) is 5.16 Å². The molecule has 1 amide bonds. The zero-order valence-corrected chi connectivity index (χ0v) is 21.1. The summed E-state index contributed by atoms with van der Waals surface area (Å²) >= 11 is 1.54. The molecule has 2 heterocycles. The molecule has 1 aliphatic rings. The average molecular weight is 489 g/mol. The third kappa shape index (κ3) is 4.89. The molecule has 0 bridgehead atoms. The molecule has 0 atom stereocenters. The summed E-state index contributed by atoms with van der Waals surface area (Å²) in [5.74, 6) is 2.13. The van der Waals surface area contributed by atoms with Gasteiger partial charge in [0.25, 0.3) is 0 Å². The lowest BCUT2D eigenvalue weighted by molar-refractivity contribution is -0.114. The second kappa shape index (κ2) is 9.34. The summed E-state index contributed by atoms with van der Waals surface area (Å²) in [6.07, 6.45) is 2.19. The van der Waals surface area contributed by atoms with Gasteiger partial charge in [0.1, 0.15) is 11.4 Å². The van der Waals surface area contributed by atoms with Crippen molar-refractivity contribution in [1.82, 2.24) is 14.8 Å². The molecule has 35 heavy (non-hydrogen) atoms. The molecule has 7 nitrogen and oxygen atoms in total. The maximum atomic E-state index is 12.3. The molecule has 8 heteroatoms. The van der Waals surface area contributed by atoms with Crippen molar-refractivity contribution >= 4 is 34.3 Å². The largest absolute Gasteiger partial charge is 0.423 e. The number of benzene rings is 2. The predicted octanol–water partition coefficient (Wildman–Crippen LogP) is 5.93. The van der Waals surface area contributed by atoms with Crippen molar-refractivity contribution in [1.29, 1.82) is 0 Å². The standard InChI is InChI=1S/C27H28N4O3S/c1-15(2)22-13-23-19(11-25(33)34-24(23)10-16(22)3)14-35-27-30-29-26(18-8-9-18)31(27)21-7-5-6-20(12-21)28-17(4)32/h5-7,10-13,15,18H,8-9,14H2,1-4H3,(H,28,32). The summed E-state index contributed by atoms with van der Waals surface area (Å²) in [7, 11) is 0. The number of aryl methyl sites for hydroxylation is 1. The second-order valence-corrected chi connectivity index (χ2v) is 10.4. The van der Waals surface area contributed by atoms with Gasteiger partial charge in [-0.2, -0.15) is 0 Å². The predicted molar refractivity (Wildman–Crippen MR) is 139 cm³/mol. The first kappa shape index (κ1) is 23.4. The van der Waals surface area contributed by atoms with Crippen LogP contribution in [0.4, 0.5) is 5.69 Å². The summed E-state index contributed by atoms with van der Waals surface area (Å²) < 4.78 is 7.59. The average Bonchev–Trinajstić information content (AvgIpc) is 3.55. The monoisotopic (exact) mass is 488 g/mol. The summed E-state index contributed by atoms with van der Waals surface area (Å²) in [5.41, 5.74) is 5.16. The number of carbonyl (C=O) groups excluding carboxylic acids is 1. The van der Waals surface area contributed by atoms with Crippen LogP contribution >= 0.6 is 11.8 Å². The van der Waals surface area contributed by atoms with Crippen molar-refractivity contribution in [3.05, 3.63) is 75.4 Å². The molecule has 0 unspecified atom stereocenters. The number of anilines is 1. The first-order valence-electron chi connectivity index (χ1n) is 11.8. The van der Waals surface area contributed by atoms with Crippen LogP contribution in [0.15, 0.2) is 56.8 Å². The third-order valence-electron chi connectivity index (χ3n) is 6.22. The summed E-state index contributed by atoms with van der Waals surface area (Å²) in [6.45, 7) is 7.87. The minimum Gasteiger partial charge on any atom is -0.423 e. The minimum atomic E-state index is -0.354. The van der Waals surface area contributed by atoms with Crippen LogP contribution in [-0.4, -0.2) is 20.7 Å². The van der Waals surface area contributed by atoms with E-state index >= 15 is 0 Å². The Morgan fingerprint density at radius 3 is 2.71 bits per heavy atom. The number of fused-ring (bicyclic) bond motifs is 1. The molecule has 2 aromatic carbocycles. The van der Waals surface area contributed by atoms with Gasteiger partial charge in [-0.15, -0.1) is 10.2 Å². The van der Waals surface area contributed by atoms with E-state index < -0.39 is 0 Å². The lowest BCUT2D eigenvalue weighted by Crippen LogP contribution is -2.07. The molecule has 5 rings (SSSR count). The van der Waals surface area contributed by atoms with Crippen LogP contribution in [0.1, 0.15) is 68.0 Å². The number of nitrogens with one attached hydrogen (secondary N) is 1. The number of amides is 1. The number of rotatable bonds is 7. The number of carbonyl (C=O) groups is 1. The maximum Gasteiger partial charge on any atom is 0.336 e. The number of hydrogen-bond donors (Lipinski definition) is 1. The van der Waals surface area contributed by atoms with Gasteiger partial charge >= 0.3 is 5.63 Å². The summed E-state index contributed by atoms with van der Waals surface area (Å²) in [6, 6.07) is 13.4. The summed E-state index contributed by atoms with van der Waals surface area (Å²) in [5, 5.41) is 13.6. The Kier molecular flexibility index (Phi) is 6.23. The quantitative estimate of drug-likeness (QED) is 0.256. The lowest BCUT2D eigenvalue weighted by atomic mass is 9.95. The topological polar surface area (TPSA) is 90.0 Å². The molecule has 0 aliphatic heterocycles. The Labute approximate surface area is 207 Å². The fourth-order valence-corrected chi connectivity index (χ4v) is 5.37. The van der Waals surface area contributed by atoms with E-state index in [0.717, 1.165) is 51.7 Å². The van der Waals surface area contributed by atoms with Crippen molar-refractivity contribution in [3.63, 3.8) is 0 Å². The highest BCUT2D eigenvalue weighted by atomic mass is 32.2. The molecule has 1 fully saturated rings. The van der Waals surface area contributed by atoms with Crippen LogP contribution in [0.3, 0.4) is 0 Å². The Morgan fingerprint density at radius 2 is 2.00 bits per heavy atom. The highest BCUT2D eigenvalue weighted by Crippen LogP contribution is 2.42. The highest BCUT2D eigenvalue weighted by Gasteiger charge is 2.31. The van der Waals surface area contributed by atoms with E-state index in [0.29, 0.717) is 23.2 Å². The first-order valence-corrected chi connectivity index (χ1v) is 12.8. The normalized spacial score (nSPS) is 13.5. The van der Waals surface area contributed by atoms with Gasteiger partial charge in [0.2, 0.25) is 5.91 Å². The van der Waals surface area contributed by atoms with Gasteiger partial charge < -0.3 is 9.73 Å². The first-order chi connectivity index (χ1) is 16.8. The SMILES string of the molecule is CC(=O)Nc1cccc(-n2c(SCc3cc(=O)oc4cc(C)c(C(C)C)cc34)nnc2C2CC2)c1. The molecule has 0 radical (unpaired) electrons. The molecule has 180 valence electrons. The minimum absolute atomic E-state index is 0.117. The molecule has 2 aromatic heterocycles. The van der Waals surface area contributed by atoms with Crippen molar-refractivity contribution in [2.24, 2.45) is 0 Å². The van der Waals surface area contributed by atoms with Crippen LogP contribution in [0, 0.1) is 6.92 Å². The van der Waals surface area contributed by atoms with Crippen molar-refractivity contribution < 1.29 is 9.21 Å². The van der Waals surface area contributed by atoms with E-state index in [1.807, 2.05) is 37.3 Å². The van der Waals surface area contributed by atoms with Crippen LogP contribution < -0.4 is 10.9 Å². The second-order valence-electron chi connectivity index (χ2n) is 9.42. The Balaban J connectivity index is 1.52. The van der Waals surface area contributed by atoms with Gasteiger partial charge in [-0.25, -0.2) is 4.79 Å². The fourth-order valence-electron chi connectivity index (χ4n) is 4.42. The van der Waals surface area contributed by atoms with Gasteiger partial charge in [-0.3, -0.25) is 9.36 Å². The van der Waals surface area contributed by atoms with E-state index in [-0.39, 0.29) is 11.5 Å². The molecule has 1 saturated carbocycles. The Bertz CT molecular complexity index is 1480. The molecule has 1 N–H and O–H groups in total. The van der Waals surface area contributed by atoms with E-state index in [1.165, 1.54) is 12.5 Å². The fraction of sp³-hybridized carbons (Fsp3) is 0.333. The Morgan fingerprint density at radius 1 is 1.20 bits per heavy atom. The number of hydrogen-bond acceptors (Lipinski definition) is 6. The van der Waals surface area contributed by atoms with E-state index in [4.69, 9.17) is 4.42 Å². The van der Waals surface area contributed by atoms with Crippen LogP contribution in [0.25, 0.3) is 16.7 Å². The van der Waals surface area contributed by atoms with Crippen LogP contribution in [-0.2, 0) is 10.5 Å². The number of nitrogens with zero attached hydrogens (tertiary/aromatic N) is 3. The van der Waals surface area contributed by atoms with Crippen molar-refractivity contribution in [3.8, 4) is 5.69 Å². The van der Waals surface area contributed by atoms with Gasteiger partial charge in [-0.1, -0.05) is 31.7 Å². The van der Waals surface area contributed by atoms with Crippen LogP contribution in [0.5, 0.6) is 0 Å². The third-order valence-corrected chi connectivity index (χ3v) is 7.20. The van der Waals surface area contributed by atoms with E-state index in [2.05, 4.69) is 40.0 Å². The van der Waals surface area contributed by atoms with E-state index in [1.54, 1.807) is 17.8 Å².